The third-order valence-electron chi connectivity index (χ3n) is 8.10. The fourth-order valence-corrected chi connectivity index (χ4v) is 6.20. The number of piperidine rings is 1. The number of pyridine rings is 1. The van der Waals surface area contributed by atoms with Crippen LogP contribution in [-0.2, 0) is 16.1 Å². The number of halogens is 2. The number of piperazine rings is 1. The van der Waals surface area contributed by atoms with Crippen molar-refractivity contribution < 1.29 is 14.3 Å². The molecule has 2 amide bonds. The molecular formula is C33H41Cl2N7O3. The van der Waals surface area contributed by atoms with Gasteiger partial charge in [-0.15, -0.1) is 0 Å². The molecule has 2 aliphatic heterocycles. The maximum absolute atomic E-state index is 12.6. The predicted octanol–water partition coefficient (Wildman–Crippen LogP) is 5.68. The Hall–Kier alpha value is -3.47. The zero-order valence-electron chi connectivity index (χ0n) is 26.4. The maximum Gasteiger partial charge on any atom is 0.228 e. The van der Waals surface area contributed by atoms with Crippen LogP contribution in [0.4, 0.5) is 5.95 Å². The molecule has 1 aromatic carbocycles. The number of nitrogens with zero attached hydrogens (tertiary/aromatic N) is 6. The van der Waals surface area contributed by atoms with Crippen molar-refractivity contribution in [3.63, 3.8) is 0 Å². The minimum absolute atomic E-state index is 0.0163. The van der Waals surface area contributed by atoms with Gasteiger partial charge in [0.25, 0.3) is 0 Å². The summed E-state index contributed by atoms with van der Waals surface area (Å²) < 4.78 is 6.20. The van der Waals surface area contributed by atoms with Gasteiger partial charge in [-0.25, -0.2) is 15.0 Å². The Morgan fingerprint density at radius 2 is 1.58 bits per heavy atom. The lowest BCUT2D eigenvalue weighted by atomic mass is 9.94. The van der Waals surface area contributed by atoms with Crippen LogP contribution in [-0.4, -0.2) is 82.4 Å². The van der Waals surface area contributed by atoms with E-state index in [1.54, 1.807) is 25.4 Å². The zero-order valence-corrected chi connectivity index (χ0v) is 27.9. The minimum Gasteiger partial charge on any atom is -0.436 e. The topological polar surface area (TPSA) is 104 Å². The van der Waals surface area contributed by atoms with Crippen molar-refractivity contribution in [2.24, 2.45) is 11.3 Å². The quantitative estimate of drug-likeness (QED) is 0.331. The Labute approximate surface area is 275 Å². The Balaban J connectivity index is 1.28. The smallest absolute Gasteiger partial charge is 0.228 e. The fourth-order valence-electron chi connectivity index (χ4n) is 5.68. The van der Waals surface area contributed by atoms with Gasteiger partial charge in [0.15, 0.2) is 5.75 Å². The number of anilines is 1. The molecule has 240 valence electrons. The second-order valence-corrected chi connectivity index (χ2v) is 13.7. The molecule has 5 rings (SSSR count). The molecule has 0 bridgehead atoms. The SMILES string of the molecule is CC(=O)NCC1CCN(Cc2cc(Oc3cnc(N4CCN(C(=O)C(C)(C)C)CC4)nc3)nc(-c3cc(Cl)cc(Cl)c3)c2)CC1. The van der Waals surface area contributed by atoms with Gasteiger partial charge in [-0.05, 0) is 61.7 Å². The number of aromatic nitrogens is 3. The summed E-state index contributed by atoms with van der Waals surface area (Å²) in [6, 6.07) is 9.35. The van der Waals surface area contributed by atoms with Gasteiger partial charge in [0.05, 0.1) is 18.1 Å². The number of amides is 2. The van der Waals surface area contributed by atoms with Crippen LogP contribution in [0.15, 0.2) is 42.7 Å². The number of rotatable bonds is 8. The van der Waals surface area contributed by atoms with E-state index in [4.69, 9.17) is 32.9 Å². The first kappa shape index (κ1) is 32.9. The molecular weight excluding hydrogens is 613 g/mol. The van der Waals surface area contributed by atoms with Crippen molar-refractivity contribution in [2.45, 2.75) is 47.1 Å². The Kier molecular flexibility index (Phi) is 10.5. The molecule has 0 atom stereocenters. The largest absolute Gasteiger partial charge is 0.436 e. The summed E-state index contributed by atoms with van der Waals surface area (Å²) >= 11 is 12.7. The summed E-state index contributed by atoms with van der Waals surface area (Å²) in [6.07, 6.45) is 5.35. The molecule has 12 heteroatoms. The number of hydrogen-bond acceptors (Lipinski definition) is 8. The molecule has 3 aromatic rings. The van der Waals surface area contributed by atoms with E-state index < -0.39 is 5.41 Å². The number of carbonyl (C=O) groups excluding carboxylic acids is 2. The molecule has 0 radical (unpaired) electrons. The molecule has 10 nitrogen and oxygen atoms in total. The van der Waals surface area contributed by atoms with Crippen LogP contribution in [0.2, 0.25) is 10.0 Å². The average molecular weight is 655 g/mol. The van der Waals surface area contributed by atoms with Gasteiger partial charge in [0, 0.05) is 73.3 Å². The van der Waals surface area contributed by atoms with E-state index in [2.05, 4.69) is 25.1 Å². The van der Waals surface area contributed by atoms with Crippen molar-refractivity contribution in [3.8, 4) is 22.9 Å². The molecule has 2 fully saturated rings. The van der Waals surface area contributed by atoms with Crippen LogP contribution in [0.25, 0.3) is 11.3 Å². The number of ether oxygens (including phenoxy) is 1. The fraction of sp³-hybridized carbons (Fsp3) is 0.485. The lowest BCUT2D eigenvalue weighted by Crippen LogP contribution is -2.52. The van der Waals surface area contributed by atoms with Crippen LogP contribution in [0.5, 0.6) is 11.6 Å². The summed E-state index contributed by atoms with van der Waals surface area (Å²) in [4.78, 5) is 44.3. The third kappa shape index (κ3) is 9.05. The first-order chi connectivity index (χ1) is 21.4. The van der Waals surface area contributed by atoms with E-state index in [1.807, 2.05) is 49.9 Å². The molecule has 1 N–H and O–H groups in total. The average Bonchev–Trinajstić information content (AvgIpc) is 3.00. The monoisotopic (exact) mass is 653 g/mol. The molecule has 0 aliphatic carbocycles. The van der Waals surface area contributed by atoms with Crippen molar-refractivity contribution >= 4 is 41.0 Å². The lowest BCUT2D eigenvalue weighted by molar-refractivity contribution is -0.139. The van der Waals surface area contributed by atoms with E-state index in [-0.39, 0.29) is 11.8 Å². The van der Waals surface area contributed by atoms with E-state index in [9.17, 15) is 9.59 Å². The maximum atomic E-state index is 12.6. The highest BCUT2D eigenvalue weighted by atomic mass is 35.5. The van der Waals surface area contributed by atoms with Gasteiger partial charge in [-0.2, -0.15) is 0 Å². The van der Waals surface area contributed by atoms with Crippen molar-refractivity contribution in [2.75, 3.05) is 50.7 Å². The van der Waals surface area contributed by atoms with E-state index in [1.165, 1.54) is 0 Å². The van der Waals surface area contributed by atoms with E-state index in [0.717, 1.165) is 50.1 Å². The molecule has 0 spiro atoms. The first-order valence-corrected chi connectivity index (χ1v) is 16.2. The standard InChI is InChI=1S/C33H41Cl2N7O3/c1-22(43)36-18-23-5-7-40(8-6-23)21-24-13-29(25-15-26(34)17-27(35)16-25)39-30(14-24)45-28-19-37-32(38-20-28)42-11-9-41(10-12-42)31(44)33(2,3)4/h13-17,19-20,23H,5-12,18,21H2,1-4H3,(H,36,43). The van der Waals surface area contributed by atoms with Crippen LogP contribution in [0.1, 0.15) is 46.1 Å². The van der Waals surface area contributed by atoms with Crippen molar-refractivity contribution in [3.05, 3.63) is 58.3 Å². The van der Waals surface area contributed by atoms with Crippen LogP contribution >= 0.6 is 23.2 Å². The summed E-state index contributed by atoms with van der Waals surface area (Å²) in [7, 11) is 0. The van der Waals surface area contributed by atoms with Gasteiger partial charge in [0.1, 0.15) is 0 Å². The van der Waals surface area contributed by atoms with Crippen LogP contribution < -0.4 is 15.0 Å². The van der Waals surface area contributed by atoms with Crippen LogP contribution in [0.3, 0.4) is 0 Å². The van der Waals surface area contributed by atoms with Gasteiger partial charge in [0.2, 0.25) is 23.6 Å². The molecule has 45 heavy (non-hydrogen) atoms. The highest BCUT2D eigenvalue weighted by Crippen LogP contribution is 2.31. The van der Waals surface area contributed by atoms with Crippen molar-refractivity contribution in [1.82, 2.24) is 30.1 Å². The normalized spacial score (nSPS) is 16.5. The molecule has 2 aromatic heterocycles. The lowest BCUT2D eigenvalue weighted by Gasteiger charge is -2.37. The highest BCUT2D eigenvalue weighted by molar-refractivity contribution is 6.35. The Morgan fingerprint density at radius 3 is 2.18 bits per heavy atom. The Bertz CT molecular complexity index is 1480. The van der Waals surface area contributed by atoms with Crippen LogP contribution in [0, 0.1) is 11.3 Å². The Morgan fingerprint density at radius 1 is 0.933 bits per heavy atom. The van der Waals surface area contributed by atoms with Gasteiger partial charge in [-0.3, -0.25) is 14.5 Å². The third-order valence-corrected chi connectivity index (χ3v) is 8.54. The van der Waals surface area contributed by atoms with Gasteiger partial charge in [-0.1, -0.05) is 44.0 Å². The molecule has 2 saturated heterocycles. The summed E-state index contributed by atoms with van der Waals surface area (Å²) in [5, 5.41) is 4.00. The molecule has 0 saturated carbocycles. The number of nitrogens with one attached hydrogen (secondary N) is 1. The summed E-state index contributed by atoms with van der Waals surface area (Å²) in [5.41, 5.74) is 2.15. The van der Waals surface area contributed by atoms with Gasteiger partial charge >= 0.3 is 0 Å². The number of likely N-dealkylation sites (tertiary alicyclic amines) is 1. The van der Waals surface area contributed by atoms with Crippen molar-refractivity contribution in [1.29, 1.82) is 0 Å². The highest BCUT2D eigenvalue weighted by Gasteiger charge is 2.30. The first-order valence-electron chi connectivity index (χ1n) is 15.4. The van der Waals surface area contributed by atoms with E-state index in [0.29, 0.717) is 65.4 Å². The number of carbonyl (C=O) groups is 2. The molecule has 0 unspecified atom stereocenters. The summed E-state index contributed by atoms with van der Waals surface area (Å²) in [5.74, 6) is 2.16. The number of benzene rings is 1. The minimum atomic E-state index is -0.395. The van der Waals surface area contributed by atoms with E-state index >= 15 is 0 Å². The predicted molar refractivity (Wildman–Crippen MR) is 177 cm³/mol. The second-order valence-electron chi connectivity index (χ2n) is 12.9. The number of hydrogen-bond donors (Lipinski definition) is 1. The summed E-state index contributed by atoms with van der Waals surface area (Å²) in [6.45, 7) is 13.3. The van der Waals surface area contributed by atoms with Gasteiger partial charge < -0.3 is 19.9 Å². The zero-order chi connectivity index (χ0) is 32.1. The molecule has 4 heterocycles. The molecule has 2 aliphatic rings. The second kappa shape index (κ2) is 14.3.